The van der Waals surface area contributed by atoms with Gasteiger partial charge >= 0.3 is 0 Å². The molecule has 118 valence electrons. The molecule has 3 aromatic rings. The summed E-state index contributed by atoms with van der Waals surface area (Å²) in [4.78, 5) is 11.8. The van der Waals surface area contributed by atoms with E-state index in [1.165, 1.54) is 6.07 Å². The van der Waals surface area contributed by atoms with Crippen molar-refractivity contribution in [1.82, 2.24) is 4.40 Å². The van der Waals surface area contributed by atoms with Gasteiger partial charge in [0.15, 0.2) is 16.1 Å². The molecule has 0 N–H and O–H groups in total. The molecule has 0 saturated heterocycles. The van der Waals surface area contributed by atoms with Crippen LogP contribution in [-0.4, -0.2) is 24.9 Å². The minimum Gasteiger partial charge on any atom is -0.314 e. The average Bonchev–Trinajstić information content (AvgIpc) is 2.93. The van der Waals surface area contributed by atoms with E-state index in [1.54, 1.807) is 35.7 Å². The molecule has 0 saturated carbocycles. The molecule has 23 heavy (non-hydrogen) atoms. The Labute approximate surface area is 139 Å². The van der Waals surface area contributed by atoms with Gasteiger partial charge in [0.25, 0.3) is 0 Å². The number of aromatic nitrogens is 1. The molecule has 0 aliphatic heterocycles. The molecule has 3 rings (SSSR count). The molecule has 0 spiro atoms. The number of carbonyl (C=O) groups excluding carboxylic acids is 1. The molecule has 0 amide bonds. The van der Waals surface area contributed by atoms with Gasteiger partial charge in [0.05, 0.1) is 16.3 Å². The van der Waals surface area contributed by atoms with Crippen molar-refractivity contribution in [3.8, 4) is 11.1 Å². The molecule has 0 aliphatic rings. The highest BCUT2D eigenvalue weighted by Crippen LogP contribution is 2.34. The van der Waals surface area contributed by atoms with E-state index >= 15 is 0 Å². The lowest BCUT2D eigenvalue weighted by molar-refractivity contribution is 0.111. The van der Waals surface area contributed by atoms with Crippen LogP contribution in [0.5, 0.6) is 0 Å². The molecule has 4 nitrogen and oxygen atoms in total. The topological polar surface area (TPSA) is 55.6 Å². The number of carbonyl (C=O) groups is 1. The quantitative estimate of drug-likeness (QED) is 0.673. The number of benzene rings is 1. The standard InChI is InChI=1S/C17H14ClNO3S/c1-2-23(21,22)17-7-6-12(18)9-15(17)14-10-13-5-3-4-8-19(13)16(14)11-20/h3-11H,2H2,1H3. The zero-order valence-electron chi connectivity index (χ0n) is 12.4. The maximum atomic E-state index is 12.4. The summed E-state index contributed by atoms with van der Waals surface area (Å²) in [6.07, 6.45) is 2.49. The monoisotopic (exact) mass is 347 g/mol. The third-order valence-corrected chi connectivity index (χ3v) is 5.80. The van der Waals surface area contributed by atoms with Gasteiger partial charge in [-0.15, -0.1) is 0 Å². The molecule has 6 heteroatoms. The van der Waals surface area contributed by atoms with Crippen LogP contribution in [0.1, 0.15) is 17.4 Å². The van der Waals surface area contributed by atoms with Crippen LogP contribution in [-0.2, 0) is 9.84 Å². The van der Waals surface area contributed by atoms with E-state index < -0.39 is 9.84 Å². The van der Waals surface area contributed by atoms with Crippen LogP contribution in [0.3, 0.4) is 0 Å². The van der Waals surface area contributed by atoms with Crippen molar-refractivity contribution >= 4 is 33.2 Å². The van der Waals surface area contributed by atoms with Crippen LogP contribution in [0.4, 0.5) is 0 Å². The van der Waals surface area contributed by atoms with E-state index in [9.17, 15) is 13.2 Å². The Kier molecular flexibility index (Phi) is 4.00. The van der Waals surface area contributed by atoms with Crippen LogP contribution < -0.4 is 0 Å². The third kappa shape index (κ3) is 2.66. The lowest BCUT2D eigenvalue weighted by Crippen LogP contribution is -2.06. The lowest BCUT2D eigenvalue weighted by atomic mass is 10.1. The maximum Gasteiger partial charge on any atom is 0.178 e. The van der Waals surface area contributed by atoms with Gasteiger partial charge in [-0.2, -0.15) is 0 Å². The molecular formula is C17H14ClNO3S. The third-order valence-electron chi connectivity index (χ3n) is 3.78. The summed E-state index contributed by atoms with van der Waals surface area (Å²) in [6.45, 7) is 1.59. The highest BCUT2D eigenvalue weighted by atomic mass is 35.5. The Balaban J connectivity index is 2.40. The van der Waals surface area contributed by atoms with Gasteiger partial charge in [-0.05, 0) is 36.4 Å². The molecule has 2 aromatic heterocycles. The molecule has 0 aliphatic carbocycles. The van der Waals surface area contributed by atoms with Crippen LogP contribution in [0.15, 0.2) is 53.6 Å². The Morgan fingerprint density at radius 3 is 2.61 bits per heavy atom. The molecule has 1 aromatic carbocycles. The first-order chi connectivity index (χ1) is 11.0. The summed E-state index contributed by atoms with van der Waals surface area (Å²) in [5, 5.41) is 0.419. The smallest absolute Gasteiger partial charge is 0.178 e. The van der Waals surface area contributed by atoms with E-state index in [1.807, 2.05) is 18.2 Å². The van der Waals surface area contributed by atoms with Gasteiger partial charge < -0.3 is 4.40 Å². The van der Waals surface area contributed by atoms with Gasteiger partial charge in [0.2, 0.25) is 0 Å². The highest BCUT2D eigenvalue weighted by molar-refractivity contribution is 7.91. The van der Waals surface area contributed by atoms with Gasteiger partial charge in [-0.25, -0.2) is 8.42 Å². The van der Waals surface area contributed by atoms with E-state index in [4.69, 9.17) is 11.6 Å². The predicted molar refractivity (Wildman–Crippen MR) is 91.0 cm³/mol. The normalized spacial score (nSPS) is 11.7. The SMILES string of the molecule is CCS(=O)(=O)c1ccc(Cl)cc1-c1cc2ccccn2c1C=O. The Hall–Kier alpha value is -2.11. The fourth-order valence-electron chi connectivity index (χ4n) is 2.62. The average molecular weight is 348 g/mol. The largest absolute Gasteiger partial charge is 0.314 e. The van der Waals surface area contributed by atoms with Crippen molar-refractivity contribution in [3.63, 3.8) is 0 Å². The number of hydrogen-bond donors (Lipinski definition) is 0. The van der Waals surface area contributed by atoms with Crippen molar-refractivity contribution in [1.29, 1.82) is 0 Å². The summed E-state index contributed by atoms with van der Waals surface area (Å²) in [6, 6.07) is 11.9. The molecule has 0 bridgehead atoms. The molecule has 0 fully saturated rings. The first-order valence-corrected chi connectivity index (χ1v) is 9.09. The number of sulfone groups is 1. The first-order valence-electron chi connectivity index (χ1n) is 7.06. The van der Waals surface area contributed by atoms with Crippen LogP contribution in [0.25, 0.3) is 16.6 Å². The van der Waals surface area contributed by atoms with Gasteiger partial charge in [0.1, 0.15) is 0 Å². The van der Waals surface area contributed by atoms with Crippen molar-refractivity contribution in [2.75, 3.05) is 5.75 Å². The van der Waals surface area contributed by atoms with Crippen LogP contribution >= 0.6 is 11.6 Å². The fourth-order valence-corrected chi connectivity index (χ4v) is 3.88. The van der Waals surface area contributed by atoms with Crippen molar-refractivity contribution in [2.24, 2.45) is 0 Å². The number of pyridine rings is 1. The summed E-state index contributed by atoms with van der Waals surface area (Å²) < 4.78 is 26.5. The van der Waals surface area contributed by atoms with E-state index in [0.29, 0.717) is 21.8 Å². The van der Waals surface area contributed by atoms with Gasteiger partial charge in [0, 0.05) is 27.9 Å². The molecule has 0 atom stereocenters. The lowest BCUT2D eigenvalue weighted by Gasteiger charge is -2.10. The number of halogens is 1. The van der Waals surface area contributed by atoms with Gasteiger partial charge in [-0.3, -0.25) is 4.79 Å². The molecular weight excluding hydrogens is 334 g/mol. The highest BCUT2D eigenvalue weighted by Gasteiger charge is 2.21. The second-order valence-electron chi connectivity index (χ2n) is 5.10. The molecule has 0 radical (unpaired) electrons. The zero-order chi connectivity index (χ0) is 16.6. The first kappa shape index (κ1) is 15.8. The summed E-state index contributed by atoms with van der Waals surface area (Å²) in [5.41, 5.74) is 2.21. The fraction of sp³-hybridized carbons (Fsp3) is 0.118. The number of aldehydes is 1. The Morgan fingerprint density at radius 2 is 1.91 bits per heavy atom. The minimum absolute atomic E-state index is 0.0224. The van der Waals surface area contributed by atoms with E-state index in [2.05, 4.69) is 0 Å². The van der Waals surface area contributed by atoms with Gasteiger partial charge in [-0.1, -0.05) is 24.6 Å². The van der Waals surface area contributed by atoms with Crippen molar-refractivity contribution in [2.45, 2.75) is 11.8 Å². The predicted octanol–water partition coefficient (Wildman–Crippen LogP) is 3.87. The van der Waals surface area contributed by atoms with E-state index in [0.717, 1.165) is 11.8 Å². The van der Waals surface area contributed by atoms with E-state index in [-0.39, 0.29) is 10.6 Å². The van der Waals surface area contributed by atoms with Crippen LogP contribution in [0.2, 0.25) is 5.02 Å². The van der Waals surface area contributed by atoms with Crippen molar-refractivity contribution in [3.05, 3.63) is 59.4 Å². The number of nitrogens with zero attached hydrogens (tertiary/aromatic N) is 1. The Morgan fingerprint density at radius 1 is 1.13 bits per heavy atom. The molecule has 2 heterocycles. The summed E-state index contributed by atoms with van der Waals surface area (Å²) in [7, 11) is -3.44. The number of hydrogen-bond acceptors (Lipinski definition) is 3. The second kappa shape index (κ2) is 5.83. The maximum absolute atomic E-state index is 12.4. The number of rotatable bonds is 4. The van der Waals surface area contributed by atoms with Crippen molar-refractivity contribution < 1.29 is 13.2 Å². The zero-order valence-corrected chi connectivity index (χ0v) is 13.9. The second-order valence-corrected chi connectivity index (χ2v) is 7.78. The Bertz CT molecular complexity index is 1010. The molecule has 0 unspecified atom stereocenters. The van der Waals surface area contributed by atoms with Crippen LogP contribution in [0, 0.1) is 0 Å². The number of fused-ring (bicyclic) bond motifs is 1. The summed E-state index contributed by atoms with van der Waals surface area (Å²) in [5.74, 6) is -0.0224. The minimum atomic E-state index is -3.44. The summed E-state index contributed by atoms with van der Waals surface area (Å²) >= 11 is 6.06.